The normalized spacial score (nSPS) is 31.4. The number of hydrogen-bond donors (Lipinski definition) is 1. The number of carboxylic acid groups (broad SMARTS) is 1. The molecule has 3 heterocycles. The van der Waals surface area contributed by atoms with Crippen molar-refractivity contribution in [2.45, 2.75) is 63.6 Å². The zero-order valence-electron chi connectivity index (χ0n) is 16.0. The third-order valence-electron chi connectivity index (χ3n) is 6.97. The first kappa shape index (κ1) is 19.2. The Bertz CT molecular complexity index is 648. The van der Waals surface area contributed by atoms with Gasteiger partial charge < -0.3 is 5.11 Å². The quantitative estimate of drug-likeness (QED) is 0.787. The highest BCUT2D eigenvalue weighted by molar-refractivity contribution is 6.30. The van der Waals surface area contributed by atoms with Gasteiger partial charge >= 0.3 is 5.97 Å². The van der Waals surface area contributed by atoms with Gasteiger partial charge in [0.25, 0.3) is 0 Å². The van der Waals surface area contributed by atoms with E-state index in [1.165, 1.54) is 44.3 Å². The highest BCUT2D eigenvalue weighted by atomic mass is 35.5. The molecule has 0 aromatic heterocycles. The van der Waals surface area contributed by atoms with Crippen molar-refractivity contribution in [3.05, 3.63) is 34.9 Å². The smallest absolute Gasteiger partial charge is 0.303 e. The first-order valence-corrected chi connectivity index (χ1v) is 10.9. The fourth-order valence-electron chi connectivity index (χ4n) is 5.95. The van der Waals surface area contributed by atoms with Crippen molar-refractivity contribution in [2.75, 3.05) is 19.6 Å². The Hall–Kier alpha value is -1.10. The van der Waals surface area contributed by atoms with Crippen LogP contribution in [0.3, 0.4) is 0 Å². The van der Waals surface area contributed by atoms with Crippen LogP contribution < -0.4 is 0 Å². The minimum Gasteiger partial charge on any atom is -0.481 e. The summed E-state index contributed by atoms with van der Waals surface area (Å²) >= 11 is 6.07. The molecule has 0 bridgehead atoms. The summed E-state index contributed by atoms with van der Waals surface area (Å²) in [5.41, 5.74) is 1.31. The Kier molecular flexibility index (Phi) is 6.05. The molecule has 3 aliphatic rings. The minimum absolute atomic E-state index is 0.288. The van der Waals surface area contributed by atoms with Crippen LogP contribution in [0.4, 0.5) is 0 Å². The van der Waals surface area contributed by atoms with Gasteiger partial charge in [-0.1, -0.05) is 23.7 Å². The lowest BCUT2D eigenvalue weighted by molar-refractivity contribution is -0.137. The summed E-state index contributed by atoms with van der Waals surface area (Å²) in [6, 6.07) is 9.46. The highest BCUT2D eigenvalue weighted by Crippen LogP contribution is 2.43. The Morgan fingerprint density at radius 2 is 1.89 bits per heavy atom. The second kappa shape index (κ2) is 8.50. The molecule has 0 amide bonds. The summed E-state index contributed by atoms with van der Waals surface area (Å²) in [6.45, 7) is 4.63. The third-order valence-corrected chi connectivity index (χ3v) is 7.22. The minimum atomic E-state index is -0.670. The second-order valence-electron chi connectivity index (χ2n) is 8.64. The molecule has 3 saturated heterocycles. The molecule has 0 spiro atoms. The van der Waals surface area contributed by atoms with E-state index in [9.17, 15) is 4.79 Å². The number of aliphatic carboxylic acids is 1. The van der Waals surface area contributed by atoms with Crippen molar-refractivity contribution < 1.29 is 9.90 Å². The standard InChI is InChI=1S/C22H31ClN2O2/c23-18-10-8-16(9-11-18)14-25-15-17-4-2-12-24-13-3-5-19(22(17)24)20(25)6-1-7-21(26)27/h8-11,17,19-20,22H,1-7,12-15H2,(H,26,27)/t17-,19+,20+,22-/m0/s1. The molecule has 0 aliphatic carbocycles. The van der Waals surface area contributed by atoms with E-state index >= 15 is 0 Å². The van der Waals surface area contributed by atoms with Gasteiger partial charge in [0.15, 0.2) is 0 Å². The molecule has 1 N–H and O–H groups in total. The first-order valence-electron chi connectivity index (χ1n) is 10.6. The SMILES string of the molecule is O=C(O)CCC[C@@H]1[C@H]2CCCN3CCC[C@@H](CN1Cc1ccc(Cl)cc1)[C@@H]23. The van der Waals surface area contributed by atoms with E-state index in [-0.39, 0.29) is 6.42 Å². The van der Waals surface area contributed by atoms with Gasteiger partial charge in [-0.25, -0.2) is 0 Å². The van der Waals surface area contributed by atoms with E-state index in [1.807, 2.05) is 12.1 Å². The van der Waals surface area contributed by atoms with Crippen LogP contribution in [0.25, 0.3) is 0 Å². The van der Waals surface area contributed by atoms with E-state index < -0.39 is 5.97 Å². The Morgan fingerprint density at radius 1 is 1.15 bits per heavy atom. The van der Waals surface area contributed by atoms with Crippen LogP contribution in [0.1, 0.15) is 50.5 Å². The molecule has 1 aromatic carbocycles. The van der Waals surface area contributed by atoms with Crippen LogP contribution >= 0.6 is 11.6 Å². The van der Waals surface area contributed by atoms with Gasteiger partial charge in [0.1, 0.15) is 0 Å². The predicted molar refractivity (Wildman–Crippen MR) is 108 cm³/mol. The number of carbonyl (C=O) groups is 1. The van der Waals surface area contributed by atoms with Crippen LogP contribution in [0, 0.1) is 11.8 Å². The molecule has 4 nitrogen and oxygen atoms in total. The van der Waals surface area contributed by atoms with Crippen molar-refractivity contribution in [2.24, 2.45) is 11.8 Å². The Morgan fingerprint density at radius 3 is 2.63 bits per heavy atom. The van der Waals surface area contributed by atoms with Gasteiger partial charge in [-0.05, 0) is 81.1 Å². The third kappa shape index (κ3) is 4.33. The topological polar surface area (TPSA) is 43.8 Å². The van der Waals surface area contributed by atoms with Crippen molar-refractivity contribution in [1.82, 2.24) is 9.80 Å². The van der Waals surface area contributed by atoms with Crippen molar-refractivity contribution >= 4 is 17.6 Å². The number of nitrogens with zero attached hydrogens (tertiary/aromatic N) is 2. The zero-order chi connectivity index (χ0) is 18.8. The van der Waals surface area contributed by atoms with Crippen molar-refractivity contribution in [3.8, 4) is 0 Å². The summed E-state index contributed by atoms with van der Waals surface area (Å²) in [5.74, 6) is 0.793. The number of carboxylic acids is 1. The second-order valence-corrected chi connectivity index (χ2v) is 9.08. The summed E-state index contributed by atoms with van der Waals surface area (Å²) in [5, 5.41) is 9.88. The number of likely N-dealkylation sites (tertiary alicyclic amines) is 1. The number of hydrogen-bond acceptors (Lipinski definition) is 3. The van der Waals surface area contributed by atoms with E-state index in [4.69, 9.17) is 16.7 Å². The van der Waals surface area contributed by atoms with Crippen LogP contribution in [0.15, 0.2) is 24.3 Å². The fourth-order valence-corrected chi connectivity index (χ4v) is 6.07. The molecule has 3 aliphatic heterocycles. The number of halogens is 1. The molecule has 3 fully saturated rings. The van der Waals surface area contributed by atoms with E-state index in [0.717, 1.165) is 42.9 Å². The van der Waals surface area contributed by atoms with Crippen LogP contribution in [0.2, 0.25) is 5.02 Å². The van der Waals surface area contributed by atoms with Gasteiger partial charge in [0, 0.05) is 36.6 Å². The van der Waals surface area contributed by atoms with Crippen molar-refractivity contribution in [1.29, 1.82) is 0 Å². The lowest BCUT2D eigenvalue weighted by Gasteiger charge is -2.57. The number of piperidine rings is 3. The first-order chi connectivity index (χ1) is 13.1. The van der Waals surface area contributed by atoms with Crippen molar-refractivity contribution in [3.63, 3.8) is 0 Å². The zero-order valence-corrected chi connectivity index (χ0v) is 16.8. The average molecular weight is 391 g/mol. The maximum Gasteiger partial charge on any atom is 0.303 e. The maximum atomic E-state index is 11.1. The van der Waals surface area contributed by atoms with E-state index in [0.29, 0.717) is 12.0 Å². The summed E-state index contributed by atoms with van der Waals surface area (Å²) in [7, 11) is 0. The highest BCUT2D eigenvalue weighted by Gasteiger charge is 2.48. The molecular weight excluding hydrogens is 360 g/mol. The molecule has 1 aromatic rings. The molecule has 0 radical (unpaired) electrons. The Balaban J connectivity index is 1.54. The van der Waals surface area contributed by atoms with Gasteiger partial charge in [0.05, 0.1) is 0 Å². The fraction of sp³-hybridized carbons (Fsp3) is 0.682. The molecule has 0 unspecified atom stereocenters. The molecule has 4 rings (SSSR count). The summed E-state index contributed by atoms with van der Waals surface area (Å²) in [6.07, 6.45) is 7.33. The monoisotopic (exact) mass is 390 g/mol. The number of rotatable bonds is 6. The molecule has 148 valence electrons. The van der Waals surface area contributed by atoms with Crippen LogP contribution in [0.5, 0.6) is 0 Å². The van der Waals surface area contributed by atoms with E-state index in [1.54, 1.807) is 0 Å². The van der Waals surface area contributed by atoms with Crippen LogP contribution in [-0.4, -0.2) is 52.6 Å². The maximum absolute atomic E-state index is 11.1. The van der Waals surface area contributed by atoms with Gasteiger partial charge in [-0.15, -0.1) is 0 Å². The molecular formula is C22H31ClN2O2. The lowest BCUT2D eigenvalue weighted by atomic mass is 9.69. The van der Waals surface area contributed by atoms with E-state index in [2.05, 4.69) is 21.9 Å². The van der Waals surface area contributed by atoms with Gasteiger partial charge in [-0.3, -0.25) is 14.6 Å². The molecule has 27 heavy (non-hydrogen) atoms. The predicted octanol–water partition coefficient (Wildman–Crippen LogP) is 4.27. The lowest BCUT2D eigenvalue weighted by Crippen LogP contribution is -2.64. The summed E-state index contributed by atoms with van der Waals surface area (Å²) in [4.78, 5) is 16.5. The average Bonchev–Trinajstić information content (AvgIpc) is 2.66. The molecule has 4 atom stereocenters. The largest absolute Gasteiger partial charge is 0.481 e. The van der Waals surface area contributed by atoms with Gasteiger partial charge in [-0.2, -0.15) is 0 Å². The Labute approximate surface area is 167 Å². The molecule has 5 heteroatoms. The number of benzene rings is 1. The van der Waals surface area contributed by atoms with Crippen LogP contribution in [-0.2, 0) is 11.3 Å². The van der Waals surface area contributed by atoms with Gasteiger partial charge in [0.2, 0.25) is 0 Å². The summed E-state index contributed by atoms with van der Waals surface area (Å²) < 4.78 is 0. The molecule has 0 saturated carbocycles.